The van der Waals surface area contributed by atoms with Gasteiger partial charge in [0, 0.05) is 11.1 Å². The Morgan fingerprint density at radius 2 is 1.58 bits per heavy atom. The molecule has 4 aromatic rings. The van der Waals surface area contributed by atoms with Crippen LogP contribution in [0, 0.1) is 0 Å². The number of nitrogens with one attached hydrogen (secondary N) is 2. The first-order valence-corrected chi connectivity index (χ1v) is 11.2. The van der Waals surface area contributed by atoms with E-state index in [-0.39, 0.29) is 17.6 Å². The van der Waals surface area contributed by atoms with Gasteiger partial charge in [-0.25, -0.2) is 4.98 Å². The molecule has 2 amide bonds. The van der Waals surface area contributed by atoms with Crippen molar-refractivity contribution in [3.05, 3.63) is 96.7 Å². The number of rotatable bonds is 7. The lowest BCUT2D eigenvalue weighted by Gasteiger charge is -2.15. The summed E-state index contributed by atoms with van der Waals surface area (Å²) in [5.74, 6) is 0.0280. The van der Waals surface area contributed by atoms with Crippen molar-refractivity contribution >= 4 is 23.6 Å². The van der Waals surface area contributed by atoms with Gasteiger partial charge in [-0.2, -0.15) is 0 Å². The third-order valence-electron chi connectivity index (χ3n) is 4.81. The van der Waals surface area contributed by atoms with Gasteiger partial charge in [0.15, 0.2) is 5.16 Å². The number of aromatic nitrogens is 2. The summed E-state index contributed by atoms with van der Waals surface area (Å²) in [7, 11) is 1.62. The van der Waals surface area contributed by atoms with Crippen LogP contribution >= 0.6 is 11.8 Å². The van der Waals surface area contributed by atoms with Gasteiger partial charge in [-0.3, -0.25) is 25.0 Å². The van der Waals surface area contributed by atoms with E-state index in [9.17, 15) is 9.59 Å². The summed E-state index contributed by atoms with van der Waals surface area (Å²) in [6, 6.07) is 26.2. The molecule has 0 saturated carbocycles. The second-order valence-corrected chi connectivity index (χ2v) is 7.90. The van der Waals surface area contributed by atoms with E-state index in [1.807, 2.05) is 65.2 Å². The molecule has 0 unspecified atom stereocenters. The van der Waals surface area contributed by atoms with Crippen LogP contribution in [-0.2, 0) is 4.79 Å². The number of thioether (sulfide) groups is 1. The van der Waals surface area contributed by atoms with Gasteiger partial charge in [0.25, 0.3) is 5.91 Å². The highest BCUT2D eigenvalue weighted by atomic mass is 32.2. The zero-order valence-corrected chi connectivity index (χ0v) is 18.7. The lowest BCUT2D eigenvalue weighted by molar-refractivity contribution is -0.119. The minimum Gasteiger partial charge on any atom is -0.495 e. The highest BCUT2D eigenvalue weighted by Gasteiger charge is 2.18. The van der Waals surface area contributed by atoms with Crippen LogP contribution in [0.3, 0.4) is 0 Å². The van der Waals surface area contributed by atoms with Crippen LogP contribution in [0.15, 0.2) is 96.3 Å². The fourth-order valence-corrected chi connectivity index (χ4v) is 4.04. The average molecular weight is 459 g/mol. The van der Waals surface area contributed by atoms with E-state index in [2.05, 4.69) is 15.8 Å². The Bertz CT molecular complexity index is 1240. The average Bonchev–Trinajstić information content (AvgIpc) is 3.30. The van der Waals surface area contributed by atoms with Gasteiger partial charge in [-0.15, -0.1) is 0 Å². The quantitative estimate of drug-likeness (QED) is 0.322. The Kier molecular flexibility index (Phi) is 7.06. The summed E-state index contributed by atoms with van der Waals surface area (Å²) in [5, 5.41) is 0.628. The Hall–Kier alpha value is -4.04. The van der Waals surface area contributed by atoms with Gasteiger partial charge in [0.2, 0.25) is 5.91 Å². The molecule has 0 spiro atoms. The molecule has 0 aliphatic heterocycles. The summed E-state index contributed by atoms with van der Waals surface area (Å²) in [4.78, 5) is 29.1. The van der Waals surface area contributed by atoms with Gasteiger partial charge >= 0.3 is 0 Å². The van der Waals surface area contributed by atoms with E-state index < -0.39 is 0 Å². The third-order valence-corrected chi connectivity index (χ3v) is 5.76. The highest BCUT2D eigenvalue weighted by molar-refractivity contribution is 7.99. The molecule has 0 aliphatic rings. The summed E-state index contributed by atoms with van der Waals surface area (Å²) in [5.41, 5.74) is 8.02. The van der Waals surface area contributed by atoms with Crippen LogP contribution in [0.2, 0.25) is 0 Å². The molecule has 166 valence electrons. The molecule has 0 saturated heterocycles. The molecule has 0 radical (unpaired) electrons. The molecule has 0 atom stereocenters. The minimum atomic E-state index is -0.379. The van der Waals surface area contributed by atoms with Crippen LogP contribution in [0.25, 0.3) is 16.9 Å². The minimum absolute atomic E-state index is 0.0649. The first-order valence-electron chi connectivity index (χ1n) is 10.2. The number of hydrogen-bond acceptors (Lipinski definition) is 5. The van der Waals surface area contributed by atoms with Crippen molar-refractivity contribution in [2.24, 2.45) is 0 Å². The maximum Gasteiger partial charge on any atom is 0.269 e. The number of ether oxygens (including phenoxy) is 1. The van der Waals surface area contributed by atoms with Gasteiger partial charge in [-0.05, 0) is 24.3 Å². The van der Waals surface area contributed by atoms with E-state index in [4.69, 9.17) is 4.74 Å². The molecular weight excluding hydrogens is 436 g/mol. The van der Waals surface area contributed by atoms with Gasteiger partial charge in [-0.1, -0.05) is 72.4 Å². The summed E-state index contributed by atoms with van der Waals surface area (Å²) in [6.07, 6.45) is 1.78. The van der Waals surface area contributed by atoms with Crippen LogP contribution in [-0.4, -0.2) is 34.2 Å². The second kappa shape index (κ2) is 10.5. The number of methoxy groups -OCH3 is 1. The number of hydrazine groups is 1. The van der Waals surface area contributed by atoms with Crippen molar-refractivity contribution in [2.75, 3.05) is 12.9 Å². The molecule has 0 aliphatic carbocycles. The van der Waals surface area contributed by atoms with Gasteiger partial charge in [0.1, 0.15) is 5.75 Å². The molecular formula is C25H22N4O3S. The van der Waals surface area contributed by atoms with E-state index in [1.165, 1.54) is 11.8 Å². The van der Waals surface area contributed by atoms with Crippen LogP contribution in [0.1, 0.15) is 10.4 Å². The number of nitrogens with zero attached hydrogens (tertiary/aromatic N) is 2. The first-order chi connectivity index (χ1) is 16.2. The molecule has 0 fully saturated rings. The smallest absolute Gasteiger partial charge is 0.269 e. The molecule has 8 heteroatoms. The van der Waals surface area contributed by atoms with E-state index in [1.54, 1.807) is 37.6 Å². The lowest BCUT2D eigenvalue weighted by Crippen LogP contribution is -2.42. The second-order valence-electron chi connectivity index (χ2n) is 6.96. The van der Waals surface area contributed by atoms with Gasteiger partial charge in [0.05, 0.1) is 30.4 Å². The molecule has 2 N–H and O–H groups in total. The Morgan fingerprint density at radius 3 is 2.30 bits per heavy atom. The van der Waals surface area contributed by atoms with Crippen LogP contribution < -0.4 is 15.6 Å². The topological polar surface area (TPSA) is 85.2 Å². The number of para-hydroxylation sites is 2. The van der Waals surface area contributed by atoms with Crippen molar-refractivity contribution in [2.45, 2.75) is 5.16 Å². The Balaban J connectivity index is 1.52. The number of amides is 2. The van der Waals surface area contributed by atoms with Crippen molar-refractivity contribution in [1.82, 2.24) is 20.4 Å². The molecule has 1 aromatic heterocycles. The predicted octanol–water partition coefficient (Wildman–Crippen LogP) is 4.10. The van der Waals surface area contributed by atoms with Crippen molar-refractivity contribution in [3.8, 4) is 22.7 Å². The zero-order valence-electron chi connectivity index (χ0n) is 17.9. The lowest BCUT2D eigenvalue weighted by atomic mass is 10.1. The molecule has 3 aromatic carbocycles. The third kappa shape index (κ3) is 5.24. The normalized spacial score (nSPS) is 10.5. The molecule has 1 heterocycles. The zero-order chi connectivity index (χ0) is 23.0. The summed E-state index contributed by atoms with van der Waals surface area (Å²) in [6.45, 7) is 0. The fourth-order valence-electron chi connectivity index (χ4n) is 3.25. The SMILES string of the molecule is COc1ccccc1-n1c(-c2ccccc2)cnc1SCC(=O)NNC(=O)c1ccccc1. The van der Waals surface area contributed by atoms with Crippen molar-refractivity contribution in [1.29, 1.82) is 0 Å². The van der Waals surface area contributed by atoms with Crippen molar-refractivity contribution in [3.63, 3.8) is 0 Å². The van der Waals surface area contributed by atoms with Crippen LogP contribution in [0.4, 0.5) is 0 Å². The standard InChI is InChI=1S/C25H22N4O3S/c1-32-22-15-9-8-14-20(22)29-21(18-10-4-2-5-11-18)16-26-25(29)33-17-23(30)27-28-24(31)19-12-6-3-7-13-19/h2-16H,17H2,1H3,(H,27,30)(H,28,31). The number of hydrogen-bond donors (Lipinski definition) is 2. The molecule has 33 heavy (non-hydrogen) atoms. The van der Waals surface area contributed by atoms with E-state index in [0.717, 1.165) is 16.9 Å². The number of carbonyl (C=O) groups is 2. The number of benzene rings is 3. The highest BCUT2D eigenvalue weighted by Crippen LogP contribution is 2.33. The molecule has 4 rings (SSSR count). The maximum absolute atomic E-state index is 12.4. The molecule has 0 bridgehead atoms. The van der Waals surface area contributed by atoms with Crippen molar-refractivity contribution < 1.29 is 14.3 Å². The monoisotopic (exact) mass is 458 g/mol. The van der Waals surface area contributed by atoms with Gasteiger partial charge < -0.3 is 4.74 Å². The number of imidazole rings is 1. The van der Waals surface area contributed by atoms with Crippen LogP contribution in [0.5, 0.6) is 5.75 Å². The Labute approximate surface area is 195 Å². The molecule has 7 nitrogen and oxygen atoms in total. The summed E-state index contributed by atoms with van der Waals surface area (Å²) >= 11 is 1.27. The maximum atomic E-state index is 12.4. The van der Waals surface area contributed by atoms with E-state index in [0.29, 0.717) is 16.5 Å². The van der Waals surface area contributed by atoms with E-state index >= 15 is 0 Å². The largest absolute Gasteiger partial charge is 0.495 e. The number of carbonyl (C=O) groups excluding carboxylic acids is 2. The first kappa shape index (κ1) is 22.2. The predicted molar refractivity (Wildman–Crippen MR) is 128 cm³/mol. The Morgan fingerprint density at radius 1 is 0.909 bits per heavy atom. The summed E-state index contributed by atoms with van der Waals surface area (Å²) < 4.78 is 7.53. The fraction of sp³-hybridized carbons (Fsp3) is 0.0800.